The number of carbonyl (C=O) groups is 1. The molecule has 0 aromatic carbocycles. The summed E-state index contributed by atoms with van der Waals surface area (Å²) in [7, 11) is 0. The molecule has 3 heteroatoms. The van der Waals surface area contributed by atoms with E-state index in [4.69, 9.17) is 0 Å². The molecule has 0 spiro atoms. The van der Waals surface area contributed by atoms with Gasteiger partial charge in [-0.15, -0.1) is 0 Å². The van der Waals surface area contributed by atoms with Gasteiger partial charge in [0.2, 0.25) is 0 Å². The zero-order valence-corrected chi connectivity index (χ0v) is 16.5. The number of carbonyl (C=O) groups excluding carboxylic acids is 1. The van der Waals surface area contributed by atoms with Crippen molar-refractivity contribution in [3.05, 3.63) is 0 Å². The van der Waals surface area contributed by atoms with Gasteiger partial charge in [0.25, 0.3) is 0 Å². The van der Waals surface area contributed by atoms with Crippen LogP contribution < -0.4 is 0 Å². The van der Waals surface area contributed by atoms with Gasteiger partial charge in [-0.05, 0) is 101 Å². The van der Waals surface area contributed by atoms with Crippen LogP contribution in [-0.4, -0.2) is 27.2 Å². The molecular weight excluding hydrogens is 312 g/mol. The Balaban J connectivity index is 1.64. The van der Waals surface area contributed by atoms with Crippen LogP contribution >= 0.6 is 0 Å². The molecule has 0 radical (unpaired) electrons. The molecule has 4 aliphatic carbocycles. The minimum Gasteiger partial charge on any atom is -0.390 e. The Bertz CT molecular complexity index is 584. The van der Waals surface area contributed by atoms with E-state index in [1.807, 2.05) is 6.92 Å². The Morgan fingerprint density at radius 2 is 1.56 bits per heavy atom. The Hall–Kier alpha value is -0.410. The van der Waals surface area contributed by atoms with Crippen molar-refractivity contribution in [2.75, 3.05) is 0 Å². The summed E-state index contributed by atoms with van der Waals surface area (Å²) in [4.78, 5) is 12.3. The number of Topliss-reactive ketones (excluding diaryl/α,β-unsaturated/α-hetero) is 1. The summed E-state index contributed by atoms with van der Waals surface area (Å²) in [6.07, 6.45) is 9.21. The fourth-order valence-electron chi connectivity index (χ4n) is 8.03. The molecular formula is C22H36O3. The van der Waals surface area contributed by atoms with E-state index in [1.165, 1.54) is 12.8 Å². The van der Waals surface area contributed by atoms with Crippen molar-refractivity contribution >= 4 is 5.78 Å². The van der Waals surface area contributed by atoms with Crippen molar-refractivity contribution < 1.29 is 15.0 Å². The summed E-state index contributed by atoms with van der Waals surface area (Å²) in [5.74, 6) is 2.45. The SMILES string of the molecule is CC(=O)C1(O)CC[C@H]2[C@@H]3CC[C@H]4C[C@@](C)(O)CC[C@]4(C)[C@H]3CC[C@@]21C. The molecule has 4 aliphatic rings. The van der Waals surface area contributed by atoms with Gasteiger partial charge in [0, 0.05) is 5.41 Å². The van der Waals surface area contributed by atoms with Crippen LogP contribution in [0.4, 0.5) is 0 Å². The number of hydrogen-bond acceptors (Lipinski definition) is 3. The minimum absolute atomic E-state index is 0.0236. The van der Waals surface area contributed by atoms with E-state index in [-0.39, 0.29) is 11.2 Å². The molecule has 4 saturated carbocycles. The molecule has 0 amide bonds. The van der Waals surface area contributed by atoms with Gasteiger partial charge in [-0.3, -0.25) is 4.79 Å². The van der Waals surface area contributed by atoms with E-state index in [2.05, 4.69) is 13.8 Å². The van der Waals surface area contributed by atoms with Crippen LogP contribution in [0.25, 0.3) is 0 Å². The molecule has 4 rings (SSSR count). The van der Waals surface area contributed by atoms with Crippen LogP contribution in [-0.2, 0) is 4.79 Å². The van der Waals surface area contributed by atoms with Crippen molar-refractivity contribution in [1.29, 1.82) is 0 Å². The van der Waals surface area contributed by atoms with Crippen molar-refractivity contribution in [3.8, 4) is 0 Å². The first-order chi connectivity index (χ1) is 11.5. The third kappa shape index (κ3) is 2.27. The number of ketones is 1. The van der Waals surface area contributed by atoms with Crippen molar-refractivity contribution in [3.63, 3.8) is 0 Å². The lowest BCUT2D eigenvalue weighted by Gasteiger charge is -2.62. The van der Waals surface area contributed by atoms with Crippen molar-refractivity contribution in [2.45, 2.75) is 96.7 Å². The summed E-state index contributed by atoms with van der Waals surface area (Å²) in [5, 5.41) is 21.8. The molecule has 3 nitrogen and oxygen atoms in total. The van der Waals surface area contributed by atoms with Crippen molar-refractivity contribution in [1.82, 2.24) is 0 Å². The predicted molar refractivity (Wildman–Crippen MR) is 98.0 cm³/mol. The quantitative estimate of drug-likeness (QED) is 0.750. The first-order valence-electron chi connectivity index (χ1n) is 10.5. The topological polar surface area (TPSA) is 57.5 Å². The molecule has 25 heavy (non-hydrogen) atoms. The van der Waals surface area contributed by atoms with Gasteiger partial charge in [-0.1, -0.05) is 13.8 Å². The van der Waals surface area contributed by atoms with Gasteiger partial charge in [-0.2, -0.15) is 0 Å². The van der Waals surface area contributed by atoms with Gasteiger partial charge < -0.3 is 10.2 Å². The average molecular weight is 349 g/mol. The van der Waals surface area contributed by atoms with E-state index < -0.39 is 11.2 Å². The van der Waals surface area contributed by atoms with Crippen LogP contribution in [0.2, 0.25) is 0 Å². The molecule has 2 N–H and O–H groups in total. The normalized spacial score (nSPS) is 58.2. The molecule has 0 heterocycles. The maximum Gasteiger partial charge on any atom is 0.161 e. The Morgan fingerprint density at radius 3 is 2.24 bits per heavy atom. The largest absolute Gasteiger partial charge is 0.390 e. The third-order valence-electron chi connectivity index (χ3n) is 9.69. The van der Waals surface area contributed by atoms with Crippen LogP contribution in [0, 0.1) is 34.5 Å². The Labute approximate surface area is 152 Å². The van der Waals surface area contributed by atoms with Gasteiger partial charge in [-0.25, -0.2) is 0 Å². The molecule has 0 aliphatic heterocycles. The van der Waals surface area contributed by atoms with Gasteiger partial charge in [0.15, 0.2) is 5.78 Å². The fourth-order valence-corrected chi connectivity index (χ4v) is 8.03. The van der Waals surface area contributed by atoms with E-state index >= 15 is 0 Å². The molecule has 0 aromatic rings. The molecule has 4 fully saturated rings. The second-order valence-electron chi connectivity index (χ2n) is 10.8. The lowest BCUT2D eigenvalue weighted by molar-refractivity contribution is -0.175. The Kier molecular flexibility index (Phi) is 3.82. The zero-order valence-electron chi connectivity index (χ0n) is 16.5. The number of rotatable bonds is 1. The molecule has 1 unspecified atom stereocenters. The fraction of sp³-hybridized carbons (Fsp3) is 0.955. The summed E-state index contributed by atoms with van der Waals surface area (Å²) < 4.78 is 0. The highest BCUT2D eigenvalue weighted by molar-refractivity contribution is 5.86. The highest BCUT2D eigenvalue weighted by atomic mass is 16.3. The standard InChI is InChI=1S/C22H36O3/c1-14(23)22(25)10-8-18-16-6-5-15-13-19(2,24)11-12-20(15,3)17(16)7-9-21(18,22)4/h15-18,24-25H,5-13H2,1-4H3/t15-,16+,17-,18-,19-,20-,21-,22?/m0/s1. The van der Waals surface area contributed by atoms with Crippen molar-refractivity contribution in [2.24, 2.45) is 34.5 Å². The first kappa shape index (κ1) is 18.0. The monoisotopic (exact) mass is 348 g/mol. The van der Waals surface area contributed by atoms with E-state index in [0.29, 0.717) is 35.5 Å². The smallest absolute Gasteiger partial charge is 0.161 e. The average Bonchev–Trinajstić information content (AvgIpc) is 2.81. The third-order valence-corrected chi connectivity index (χ3v) is 9.69. The summed E-state index contributed by atoms with van der Waals surface area (Å²) >= 11 is 0. The van der Waals surface area contributed by atoms with Crippen LogP contribution in [0.5, 0.6) is 0 Å². The minimum atomic E-state index is -1.10. The zero-order chi connectivity index (χ0) is 18.3. The summed E-state index contributed by atoms with van der Waals surface area (Å²) in [6, 6.07) is 0. The van der Waals surface area contributed by atoms with E-state index in [0.717, 1.165) is 38.5 Å². The summed E-state index contributed by atoms with van der Waals surface area (Å²) in [5.41, 5.74) is -1.48. The second kappa shape index (κ2) is 5.32. The highest BCUT2D eigenvalue weighted by Gasteiger charge is 2.66. The first-order valence-corrected chi connectivity index (χ1v) is 10.5. The maximum absolute atomic E-state index is 12.3. The van der Waals surface area contributed by atoms with E-state index in [9.17, 15) is 15.0 Å². The number of fused-ring (bicyclic) bond motifs is 5. The molecule has 0 aromatic heterocycles. The second-order valence-corrected chi connectivity index (χ2v) is 10.8. The van der Waals surface area contributed by atoms with Gasteiger partial charge in [0.1, 0.15) is 5.60 Å². The number of hydrogen-bond donors (Lipinski definition) is 2. The molecule has 0 bridgehead atoms. The summed E-state index contributed by atoms with van der Waals surface area (Å²) in [6.45, 7) is 8.28. The van der Waals surface area contributed by atoms with Crippen LogP contribution in [0.1, 0.15) is 85.5 Å². The van der Waals surface area contributed by atoms with Gasteiger partial charge >= 0.3 is 0 Å². The van der Waals surface area contributed by atoms with Gasteiger partial charge in [0.05, 0.1) is 5.60 Å². The predicted octanol–water partition coefficient (Wildman–Crippen LogP) is 4.10. The lowest BCUT2D eigenvalue weighted by Crippen LogP contribution is -2.59. The lowest BCUT2D eigenvalue weighted by atomic mass is 9.43. The molecule has 0 saturated heterocycles. The highest BCUT2D eigenvalue weighted by Crippen LogP contribution is 2.68. The maximum atomic E-state index is 12.3. The van der Waals surface area contributed by atoms with E-state index in [1.54, 1.807) is 6.92 Å². The van der Waals surface area contributed by atoms with Crippen LogP contribution in [0.15, 0.2) is 0 Å². The van der Waals surface area contributed by atoms with Crippen LogP contribution in [0.3, 0.4) is 0 Å². The Morgan fingerprint density at radius 1 is 0.880 bits per heavy atom. The number of aliphatic hydroxyl groups is 2. The molecule has 8 atom stereocenters. The molecule has 142 valence electrons.